The van der Waals surface area contributed by atoms with E-state index in [4.69, 9.17) is 0 Å². The zero-order chi connectivity index (χ0) is 22.2. The predicted molar refractivity (Wildman–Crippen MR) is 119 cm³/mol. The standard InChI is InChI=1S/C21H22BrFN2O4S/c1-24(2)9-14-18-16(8-15(22)20(14)26)25(3)17(19(18)21(27)28)11-30(29)10-12-4-6-13(23)7-5-12/h4-8,26H,9-11H2,1-3H3,(H,27,28). The van der Waals surface area contributed by atoms with Crippen LogP contribution in [0.25, 0.3) is 10.9 Å². The van der Waals surface area contributed by atoms with E-state index in [0.29, 0.717) is 38.7 Å². The normalized spacial score (nSPS) is 12.6. The van der Waals surface area contributed by atoms with Gasteiger partial charge in [-0.25, -0.2) is 9.18 Å². The van der Waals surface area contributed by atoms with Gasteiger partial charge in [0.15, 0.2) is 0 Å². The van der Waals surface area contributed by atoms with Crippen LogP contribution in [0.15, 0.2) is 34.8 Å². The Balaban J connectivity index is 2.11. The van der Waals surface area contributed by atoms with Gasteiger partial charge in [-0.3, -0.25) is 4.21 Å². The Morgan fingerprint density at radius 2 is 1.87 bits per heavy atom. The number of rotatable bonds is 7. The highest BCUT2D eigenvalue weighted by Gasteiger charge is 2.27. The van der Waals surface area contributed by atoms with Crippen molar-refractivity contribution in [3.8, 4) is 5.75 Å². The third-order valence-corrected chi connectivity index (χ3v) is 6.72. The number of aryl methyl sites for hydroxylation is 1. The second-order valence-electron chi connectivity index (χ2n) is 7.36. The van der Waals surface area contributed by atoms with Gasteiger partial charge in [0, 0.05) is 46.8 Å². The van der Waals surface area contributed by atoms with Gasteiger partial charge in [0.1, 0.15) is 11.6 Å². The van der Waals surface area contributed by atoms with Gasteiger partial charge in [-0.15, -0.1) is 0 Å². The molecule has 0 radical (unpaired) electrons. The molecule has 160 valence electrons. The molecule has 6 nitrogen and oxygen atoms in total. The first-order valence-corrected chi connectivity index (χ1v) is 11.4. The van der Waals surface area contributed by atoms with Crippen molar-refractivity contribution < 1.29 is 23.6 Å². The average Bonchev–Trinajstić information content (AvgIpc) is 2.93. The molecule has 3 aromatic rings. The highest BCUT2D eigenvalue weighted by molar-refractivity contribution is 9.10. The molecular formula is C21H22BrFN2O4S. The van der Waals surface area contributed by atoms with Gasteiger partial charge >= 0.3 is 5.97 Å². The van der Waals surface area contributed by atoms with Crippen LogP contribution < -0.4 is 0 Å². The quantitative estimate of drug-likeness (QED) is 0.516. The van der Waals surface area contributed by atoms with E-state index in [1.807, 2.05) is 19.0 Å². The van der Waals surface area contributed by atoms with Crippen LogP contribution >= 0.6 is 15.9 Å². The Kier molecular flexibility index (Phi) is 6.64. The minimum atomic E-state index is -1.41. The van der Waals surface area contributed by atoms with Crippen molar-refractivity contribution in [3.05, 3.63) is 63.0 Å². The van der Waals surface area contributed by atoms with E-state index in [2.05, 4.69) is 15.9 Å². The minimum Gasteiger partial charge on any atom is -0.506 e. The summed E-state index contributed by atoms with van der Waals surface area (Å²) in [5.41, 5.74) is 2.28. The molecule has 0 aliphatic heterocycles. The molecule has 30 heavy (non-hydrogen) atoms. The molecule has 1 unspecified atom stereocenters. The molecule has 0 fully saturated rings. The Labute approximate surface area is 184 Å². The number of nitrogens with zero attached hydrogens (tertiary/aromatic N) is 2. The van der Waals surface area contributed by atoms with Crippen LogP contribution in [-0.2, 0) is 35.9 Å². The number of halogens is 2. The summed E-state index contributed by atoms with van der Waals surface area (Å²) in [5, 5.41) is 21.0. The first kappa shape index (κ1) is 22.5. The van der Waals surface area contributed by atoms with Crippen molar-refractivity contribution in [2.75, 3.05) is 14.1 Å². The number of phenols is 1. The van der Waals surface area contributed by atoms with E-state index < -0.39 is 16.8 Å². The SMILES string of the molecule is CN(C)Cc1c(O)c(Br)cc2c1c(C(=O)O)c(CS(=O)Cc1ccc(F)cc1)n2C. The largest absolute Gasteiger partial charge is 0.506 e. The van der Waals surface area contributed by atoms with E-state index in [0.717, 1.165) is 0 Å². The van der Waals surface area contributed by atoms with Crippen molar-refractivity contribution in [3.63, 3.8) is 0 Å². The van der Waals surface area contributed by atoms with Crippen LogP contribution in [0, 0.1) is 5.82 Å². The van der Waals surface area contributed by atoms with Crippen molar-refractivity contribution >= 4 is 43.6 Å². The summed E-state index contributed by atoms with van der Waals surface area (Å²) in [7, 11) is 3.97. The lowest BCUT2D eigenvalue weighted by molar-refractivity contribution is 0.0697. The monoisotopic (exact) mass is 496 g/mol. The van der Waals surface area contributed by atoms with E-state index >= 15 is 0 Å². The number of carbonyl (C=O) groups is 1. The van der Waals surface area contributed by atoms with Gasteiger partial charge in [0.2, 0.25) is 0 Å². The zero-order valence-corrected chi connectivity index (χ0v) is 19.2. The van der Waals surface area contributed by atoms with Crippen LogP contribution in [0.2, 0.25) is 0 Å². The van der Waals surface area contributed by atoms with Crippen molar-refractivity contribution in [1.29, 1.82) is 0 Å². The van der Waals surface area contributed by atoms with Crippen LogP contribution in [-0.4, -0.2) is 44.0 Å². The lowest BCUT2D eigenvalue weighted by Gasteiger charge is -2.14. The Morgan fingerprint density at radius 1 is 1.23 bits per heavy atom. The maximum absolute atomic E-state index is 13.1. The van der Waals surface area contributed by atoms with Crippen LogP contribution in [0.3, 0.4) is 0 Å². The lowest BCUT2D eigenvalue weighted by Crippen LogP contribution is -2.12. The van der Waals surface area contributed by atoms with E-state index in [9.17, 15) is 23.6 Å². The number of hydrogen-bond acceptors (Lipinski definition) is 4. The molecule has 0 bridgehead atoms. The fourth-order valence-electron chi connectivity index (χ4n) is 3.52. The molecule has 2 aromatic carbocycles. The maximum Gasteiger partial charge on any atom is 0.338 e. The number of aromatic hydroxyl groups is 1. The summed E-state index contributed by atoms with van der Waals surface area (Å²) in [6.07, 6.45) is 0. The fraction of sp³-hybridized carbons (Fsp3) is 0.286. The summed E-state index contributed by atoms with van der Waals surface area (Å²) in [6, 6.07) is 7.41. The molecule has 0 saturated carbocycles. The molecule has 1 heterocycles. The van der Waals surface area contributed by atoms with Crippen molar-refractivity contribution in [2.45, 2.75) is 18.1 Å². The Morgan fingerprint density at radius 3 is 2.43 bits per heavy atom. The lowest BCUT2D eigenvalue weighted by atomic mass is 10.0. The van der Waals surface area contributed by atoms with Gasteiger partial charge in [0.25, 0.3) is 0 Å². The molecular weight excluding hydrogens is 475 g/mol. The molecule has 1 aromatic heterocycles. The summed E-state index contributed by atoms with van der Waals surface area (Å²) in [6.45, 7) is 0.337. The summed E-state index contributed by atoms with van der Waals surface area (Å²) < 4.78 is 28.1. The molecule has 0 amide bonds. The zero-order valence-electron chi connectivity index (χ0n) is 16.8. The maximum atomic E-state index is 13.1. The number of aromatic nitrogens is 1. The number of fused-ring (bicyclic) bond motifs is 1. The molecule has 9 heteroatoms. The van der Waals surface area contributed by atoms with E-state index in [1.165, 1.54) is 12.1 Å². The number of aromatic carboxylic acids is 1. The molecule has 0 aliphatic rings. The summed E-state index contributed by atoms with van der Waals surface area (Å²) >= 11 is 3.34. The molecule has 0 spiro atoms. The third-order valence-electron chi connectivity index (χ3n) is 4.87. The molecule has 1 atom stereocenters. The van der Waals surface area contributed by atoms with Gasteiger partial charge in [-0.2, -0.15) is 0 Å². The second-order valence-corrected chi connectivity index (χ2v) is 9.67. The van der Waals surface area contributed by atoms with Gasteiger partial charge in [0.05, 0.1) is 21.3 Å². The third kappa shape index (κ3) is 4.43. The first-order chi connectivity index (χ1) is 14.1. The summed E-state index contributed by atoms with van der Waals surface area (Å²) in [4.78, 5) is 14.0. The van der Waals surface area contributed by atoms with Crippen LogP contribution in [0.4, 0.5) is 4.39 Å². The average molecular weight is 497 g/mol. The number of carboxylic acid groups (broad SMARTS) is 1. The first-order valence-electron chi connectivity index (χ1n) is 9.09. The van der Waals surface area contributed by atoms with Crippen LogP contribution in [0.5, 0.6) is 5.75 Å². The van der Waals surface area contributed by atoms with Gasteiger partial charge in [-0.05, 0) is 53.8 Å². The van der Waals surface area contributed by atoms with Crippen molar-refractivity contribution in [1.82, 2.24) is 9.47 Å². The summed E-state index contributed by atoms with van der Waals surface area (Å²) in [5.74, 6) is -1.32. The van der Waals surface area contributed by atoms with Gasteiger partial charge in [-0.1, -0.05) is 12.1 Å². The molecule has 2 N–H and O–H groups in total. The molecule has 0 saturated heterocycles. The highest BCUT2D eigenvalue weighted by Crippen LogP contribution is 2.39. The van der Waals surface area contributed by atoms with E-state index in [-0.39, 0.29) is 28.6 Å². The minimum absolute atomic E-state index is 0.0108. The number of carboxylic acids is 1. The van der Waals surface area contributed by atoms with Crippen LogP contribution in [0.1, 0.15) is 27.2 Å². The number of benzene rings is 2. The smallest absolute Gasteiger partial charge is 0.338 e. The Hall–Kier alpha value is -2.23. The molecule has 3 rings (SSSR count). The molecule has 0 aliphatic carbocycles. The highest BCUT2D eigenvalue weighted by atomic mass is 79.9. The number of phenolic OH excluding ortho intramolecular Hbond substituents is 1. The topological polar surface area (TPSA) is 82.8 Å². The predicted octanol–water partition coefficient (Wildman–Crippen LogP) is 3.99. The van der Waals surface area contributed by atoms with Gasteiger partial charge < -0.3 is 19.7 Å². The second kappa shape index (κ2) is 8.87. The fourth-order valence-corrected chi connectivity index (χ4v) is 5.28. The van der Waals surface area contributed by atoms with E-state index in [1.54, 1.807) is 29.8 Å². The van der Waals surface area contributed by atoms with Crippen molar-refractivity contribution in [2.24, 2.45) is 7.05 Å². The Bertz CT molecular complexity index is 1140. The number of hydrogen-bond donors (Lipinski definition) is 2.